The van der Waals surface area contributed by atoms with Crippen molar-refractivity contribution in [3.63, 3.8) is 0 Å². The van der Waals surface area contributed by atoms with Crippen LogP contribution in [0, 0.1) is 17.8 Å². The maximum atomic E-state index is 11.6. The van der Waals surface area contributed by atoms with Crippen molar-refractivity contribution in [1.82, 2.24) is 4.90 Å². The lowest BCUT2D eigenvalue weighted by Gasteiger charge is -2.16. The molecule has 2 N–H and O–H groups in total. The van der Waals surface area contributed by atoms with Crippen LogP contribution >= 0.6 is 0 Å². The van der Waals surface area contributed by atoms with E-state index in [0.29, 0.717) is 19.7 Å². The highest BCUT2D eigenvalue weighted by atomic mass is 16.5. The summed E-state index contributed by atoms with van der Waals surface area (Å²) in [6.45, 7) is 1.22. The van der Waals surface area contributed by atoms with Crippen molar-refractivity contribution in [2.75, 3.05) is 26.8 Å². The number of fused-ring (bicyclic) bond motifs is 1. The Bertz CT molecular complexity index is 257. The molecule has 78 valence electrons. The topological polar surface area (TPSA) is 72.6 Å². The SMILES string of the molecule is COCCN1C(=O)C2C(CN)C2C1=O. The molecule has 1 saturated carbocycles. The number of rotatable bonds is 4. The highest BCUT2D eigenvalue weighted by Gasteiger charge is 2.66. The summed E-state index contributed by atoms with van der Waals surface area (Å²) in [5, 5.41) is 0. The van der Waals surface area contributed by atoms with Gasteiger partial charge in [0.25, 0.3) is 0 Å². The molecule has 1 saturated heterocycles. The third kappa shape index (κ3) is 1.16. The number of carbonyl (C=O) groups is 2. The highest BCUT2D eigenvalue weighted by Crippen LogP contribution is 2.52. The van der Waals surface area contributed by atoms with Gasteiger partial charge in [-0.3, -0.25) is 14.5 Å². The number of hydrogen-bond donors (Lipinski definition) is 1. The first-order chi connectivity index (χ1) is 6.72. The fraction of sp³-hybridized carbons (Fsp3) is 0.778. The molecule has 2 atom stereocenters. The average Bonchev–Trinajstić information content (AvgIpc) is 2.85. The predicted octanol–water partition coefficient (Wildman–Crippen LogP) is -1.18. The first kappa shape index (κ1) is 9.61. The van der Waals surface area contributed by atoms with Crippen LogP contribution in [-0.4, -0.2) is 43.5 Å². The van der Waals surface area contributed by atoms with Crippen molar-refractivity contribution in [3.05, 3.63) is 0 Å². The Morgan fingerprint density at radius 2 is 1.93 bits per heavy atom. The maximum Gasteiger partial charge on any atom is 0.233 e. The molecule has 5 nitrogen and oxygen atoms in total. The number of ether oxygens (including phenoxy) is 1. The van der Waals surface area contributed by atoms with Crippen molar-refractivity contribution >= 4 is 11.8 Å². The number of piperidine rings is 1. The highest BCUT2D eigenvalue weighted by molar-refractivity contribution is 6.09. The van der Waals surface area contributed by atoms with Gasteiger partial charge in [-0.25, -0.2) is 0 Å². The van der Waals surface area contributed by atoms with Gasteiger partial charge in [0, 0.05) is 7.11 Å². The minimum atomic E-state index is -0.121. The summed E-state index contributed by atoms with van der Waals surface area (Å²) in [5.74, 6) is -0.262. The largest absolute Gasteiger partial charge is 0.383 e. The molecule has 0 spiro atoms. The number of carbonyl (C=O) groups excluding carboxylic acids is 2. The van der Waals surface area contributed by atoms with Gasteiger partial charge in [0.2, 0.25) is 11.8 Å². The van der Waals surface area contributed by atoms with Gasteiger partial charge in [-0.2, -0.15) is 0 Å². The van der Waals surface area contributed by atoms with Gasteiger partial charge in [-0.05, 0) is 12.5 Å². The minimum Gasteiger partial charge on any atom is -0.383 e. The van der Waals surface area contributed by atoms with Gasteiger partial charge in [-0.1, -0.05) is 0 Å². The lowest BCUT2D eigenvalue weighted by molar-refractivity contribution is -0.142. The van der Waals surface area contributed by atoms with Gasteiger partial charge in [0.05, 0.1) is 25.0 Å². The Labute approximate surface area is 82.2 Å². The van der Waals surface area contributed by atoms with Gasteiger partial charge in [0.1, 0.15) is 0 Å². The summed E-state index contributed by atoms with van der Waals surface area (Å²) in [6, 6.07) is 0. The van der Waals surface area contributed by atoms with Crippen molar-refractivity contribution in [1.29, 1.82) is 0 Å². The molecule has 2 fully saturated rings. The second-order valence-electron chi connectivity index (χ2n) is 3.77. The molecule has 0 radical (unpaired) electrons. The summed E-state index contributed by atoms with van der Waals surface area (Å²) < 4.78 is 4.83. The first-order valence-corrected chi connectivity index (χ1v) is 4.76. The Morgan fingerprint density at radius 1 is 1.36 bits per heavy atom. The van der Waals surface area contributed by atoms with Crippen LogP contribution in [0.2, 0.25) is 0 Å². The number of nitrogens with two attached hydrogens (primary N) is 1. The third-order valence-electron chi connectivity index (χ3n) is 3.06. The first-order valence-electron chi connectivity index (χ1n) is 4.76. The van der Waals surface area contributed by atoms with Gasteiger partial charge >= 0.3 is 0 Å². The minimum absolute atomic E-state index is 0.0625. The summed E-state index contributed by atoms with van der Waals surface area (Å²) in [7, 11) is 1.55. The van der Waals surface area contributed by atoms with Crippen LogP contribution in [0.3, 0.4) is 0 Å². The fourth-order valence-electron chi connectivity index (χ4n) is 2.21. The van der Waals surface area contributed by atoms with Crippen LogP contribution in [0.15, 0.2) is 0 Å². The molecule has 1 aliphatic heterocycles. The monoisotopic (exact) mass is 198 g/mol. The van der Waals surface area contributed by atoms with E-state index >= 15 is 0 Å². The molecule has 1 aliphatic carbocycles. The maximum absolute atomic E-state index is 11.6. The number of imide groups is 1. The summed E-state index contributed by atoms with van der Waals surface area (Å²) in [4.78, 5) is 24.5. The molecule has 0 aromatic heterocycles. The number of amides is 2. The normalized spacial score (nSPS) is 35.0. The number of hydrogen-bond acceptors (Lipinski definition) is 4. The van der Waals surface area contributed by atoms with Crippen LogP contribution in [0.1, 0.15) is 0 Å². The zero-order chi connectivity index (χ0) is 10.3. The van der Waals surface area contributed by atoms with Crippen molar-refractivity contribution in [2.24, 2.45) is 23.5 Å². The molecule has 2 aliphatic rings. The van der Waals surface area contributed by atoms with Crippen molar-refractivity contribution in [3.8, 4) is 0 Å². The Morgan fingerprint density at radius 3 is 2.36 bits per heavy atom. The Kier molecular flexibility index (Phi) is 2.28. The smallest absolute Gasteiger partial charge is 0.233 e. The van der Waals surface area contributed by atoms with Gasteiger partial charge < -0.3 is 10.5 Å². The van der Waals surface area contributed by atoms with Gasteiger partial charge in [-0.15, -0.1) is 0 Å². The average molecular weight is 198 g/mol. The number of methoxy groups -OCH3 is 1. The van der Waals surface area contributed by atoms with E-state index in [1.165, 1.54) is 4.90 Å². The molecule has 0 aromatic carbocycles. The molecule has 0 bridgehead atoms. The zero-order valence-electron chi connectivity index (χ0n) is 8.10. The summed E-state index contributed by atoms with van der Waals surface area (Å²) >= 11 is 0. The molecule has 2 amide bonds. The molecule has 1 heterocycles. The van der Waals surface area contributed by atoms with E-state index in [-0.39, 0.29) is 29.6 Å². The summed E-state index contributed by atoms with van der Waals surface area (Å²) in [6.07, 6.45) is 0. The molecule has 14 heavy (non-hydrogen) atoms. The second-order valence-corrected chi connectivity index (χ2v) is 3.77. The lowest BCUT2D eigenvalue weighted by atomic mass is 10.2. The fourth-order valence-corrected chi connectivity index (χ4v) is 2.21. The molecular formula is C9H14N2O3. The lowest BCUT2D eigenvalue weighted by Crippen LogP contribution is -2.37. The number of nitrogens with zero attached hydrogens (tertiary/aromatic N) is 1. The van der Waals surface area contributed by atoms with Crippen LogP contribution in [0.4, 0.5) is 0 Å². The number of likely N-dealkylation sites (tertiary alicyclic amines) is 1. The van der Waals surface area contributed by atoms with Crippen LogP contribution < -0.4 is 5.73 Å². The predicted molar refractivity (Wildman–Crippen MR) is 48.1 cm³/mol. The standard InChI is InChI=1S/C9H14N2O3/c1-14-3-2-11-8(12)6-5(4-10)7(6)9(11)13/h5-7H,2-4,10H2,1H3. The molecule has 2 rings (SSSR count). The van der Waals surface area contributed by atoms with Crippen LogP contribution in [-0.2, 0) is 14.3 Å². The zero-order valence-corrected chi connectivity index (χ0v) is 8.10. The molecule has 0 aromatic rings. The van der Waals surface area contributed by atoms with E-state index < -0.39 is 0 Å². The second kappa shape index (κ2) is 3.33. The molecule has 2 unspecified atom stereocenters. The molecular weight excluding hydrogens is 184 g/mol. The van der Waals surface area contributed by atoms with E-state index in [1.54, 1.807) is 7.11 Å². The van der Waals surface area contributed by atoms with Crippen molar-refractivity contribution in [2.45, 2.75) is 0 Å². The van der Waals surface area contributed by atoms with E-state index in [4.69, 9.17) is 10.5 Å². The van der Waals surface area contributed by atoms with E-state index in [9.17, 15) is 9.59 Å². The Balaban J connectivity index is 1.99. The van der Waals surface area contributed by atoms with Crippen LogP contribution in [0.5, 0.6) is 0 Å². The van der Waals surface area contributed by atoms with E-state index in [1.807, 2.05) is 0 Å². The van der Waals surface area contributed by atoms with Crippen molar-refractivity contribution < 1.29 is 14.3 Å². The van der Waals surface area contributed by atoms with Gasteiger partial charge in [0.15, 0.2) is 0 Å². The van der Waals surface area contributed by atoms with E-state index in [2.05, 4.69) is 0 Å². The summed E-state index contributed by atoms with van der Waals surface area (Å²) in [5.41, 5.74) is 5.45. The Hall–Kier alpha value is -0.940. The van der Waals surface area contributed by atoms with E-state index in [0.717, 1.165) is 0 Å². The molecule has 5 heteroatoms. The third-order valence-corrected chi connectivity index (χ3v) is 3.06. The van der Waals surface area contributed by atoms with Crippen LogP contribution in [0.25, 0.3) is 0 Å². The quantitative estimate of drug-likeness (QED) is 0.577.